The quantitative estimate of drug-likeness (QED) is 0.505. The molecule has 1 amide bonds. The first kappa shape index (κ1) is 22.8. The van der Waals surface area contributed by atoms with Gasteiger partial charge in [-0.25, -0.2) is 4.98 Å². The number of anilines is 1. The fourth-order valence-corrected chi connectivity index (χ4v) is 2.78. The van der Waals surface area contributed by atoms with Gasteiger partial charge in [-0.15, -0.1) is 0 Å². The summed E-state index contributed by atoms with van der Waals surface area (Å²) in [6, 6.07) is 12.9. The third-order valence-corrected chi connectivity index (χ3v) is 4.34. The van der Waals surface area contributed by atoms with Crippen LogP contribution in [0, 0.1) is 13.8 Å². The predicted octanol–water partition coefficient (Wildman–Crippen LogP) is 5.57. The van der Waals surface area contributed by atoms with Crippen LogP contribution in [0.3, 0.4) is 0 Å². The molecule has 0 atom stereocenters. The number of aromatic nitrogens is 2. The van der Waals surface area contributed by atoms with Gasteiger partial charge in [0, 0.05) is 17.8 Å². The van der Waals surface area contributed by atoms with Crippen LogP contribution in [0.5, 0.6) is 17.4 Å². The second kappa shape index (κ2) is 9.51. The van der Waals surface area contributed by atoms with Crippen LogP contribution in [0.15, 0.2) is 54.6 Å². The van der Waals surface area contributed by atoms with E-state index in [0.29, 0.717) is 11.3 Å². The predicted molar refractivity (Wildman–Crippen MR) is 114 cm³/mol. The minimum Gasteiger partial charge on any atom is -0.493 e. The number of benzene rings is 2. The molecule has 3 aromatic rings. The van der Waals surface area contributed by atoms with E-state index < -0.39 is 11.9 Å². The van der Waals surface area contributed by atoms with Gasteiger partial charge >= 0.3 is 6.18 Å². The summed E-state index contributed by atoms with van der Waals surface area (Å²) in [5.41, 5.74) is 1.18. The Kier molecular flexibility index (Phi) is 6.77. The van der Waals surface area contributed by atoms with Crippen LogP contribution in [0.1, 0.15) is 22.6 Å². The highest BCUT2D eigenvalue weighted by Gasteiger charge is 2.33. The summed E-state index contributed by atoms with van der Waals surface area (Å²) in [7, 11) is 1.40. The van der Waals surface area contributed by atoms with Crippen molar-refractivity contribution in [1.82, 2.24) is 9.97 Å². The van der Waals surface area contributed by atoms with Gasteiger partial charge in [-0.2, -0.15) is 18.2 Å². The zero-order valence-electron chi connectivity index (χ0n) is 17.5. The Labute approximate surface area is 182 Å². The molecule has 0 aliphatic rings. The van der Waals surface area contributed by atoms with Crippen LogP contribution in [-0.4, -0.2) is 23.0 Å². The Morgan fingerprint density at radius 1 is 1.03 bits per heavy atom. The smallest absolute Gasteiger partial charge is 0.433 e. The molecule has 1 heterocycles. The number of alkyl halides is 3. The lowest BCUT2D eigenvalue weighted by Crippen LogP contribution is -2.10. The van der Waals surface area contributed by atoms with Crippen molar-refractivity contribution in [2.24, 2.45) is 0 Å². The summed E-state index contributed by atoms with van der Waals surface area (Å²) in [5, 5.41) is 2.79. The molecule has 1 N–H and O–H groups in total. The number of nitrogens with one attached hydrogen (secondary N) is 1. The van der Waals surface area contributed by atoms with E-state index in [-0.39, 0.29) is 29.1 Å². The normalized spacial score (nSPS) is 11.4. The zero-order valence-corrected chi connectivity index (χ0v) is 17.5. The van der Waals surface area contributed by atoms with Crippen molar-refractivity contribution >= 4 is 17.7 Å². The maximum Gasteiger partial charge on any atom is 0.433 e. The molecule has 166 valence electrons. The van der Waals surface area contributed by atoms with Crippen LogP contribution >= 0.6 is 0 Å². The third-order valence-electron chi connectivity index (χ3n) is 4.34. The van der Waals surface area contributed by atoms with Gasteiger partial charge < -0.3 is 14.8 Å². The number of aryl methyl sites for hydroxylation is 2. The molecular formula is C23H20F3N3O3. The number of para-hydroxylation sites is 1. The molecule has 0 spiro atoms. The zero-order chi connectivity index (χ0) is 23.3. The lowest BCUT2D eigenvalue weighted by Gasteiger charge is -2.12. The highest BCUT2D eigenvalue weighted by molar-refractivity contribution is 6.02. The molecule has 0 aliphatic carbocycles. The van der Waals surface area contributed by atoms with Crippen LogP contribution in [0.25, 0.3) is 6.08 Å². The van der Waals surface area contributed by atoms with E-state index in [1.807, 2.05) is 25.1 Å². The van der Waals surface area contributed by atoms with Crippen LogP contribution in [0.4, 0.5) is 18.9 Å². The molecule has 32 heavy (non-hydrogen) atoms. The highest BCUT2D eigenvalue weighted by atomic mass is 19.4. The summed E-state index contributed by atoms with van der Waals surface area (Å²) < 4.78 is 49.7. The van der Waals surface area contributed by atoms with Crippen molar-refractivity contribution in [3.05, 3.63) is 77.3 Å². The summed E-state index contributed by atoms with van der Waals surface area (Å²) in [6.07, 6.45) is -1.68. The number of amides is 1. The molecule has 9 heteroatoms. The number of halogens is 3. The minimum absolute atomic E-state index is 0.0759. The average molecular weight is 443 g/mol. The van der Waals surface area contributed by atoms with E-state index in [2.05, 4.69) is 15.3 Å². The number of ether oxygens (including phenoxy) is 2. The molecule has 1 aromatic heterocycles. The molecular weight excluding hydrogens is 423 g/mol. The molecule has 0 fully saturated rings. The van der Waals surface area contributed by atoms with Crippen molar-refractivity contribution in [2.75, 3.05) is 12.4 Å². The molecule has 3 rings (SSSR count). The maximum absolute atomic E-state index is 13.0. The van der Waals surface area contributed by atoms with Crippen molar-refractivity contribution in [1.29, 1.82) is 0 Å². The molecule has 0 bridgehead atoms. The summed E-state index contributed by atoms with van der Waals surface area (Å²) in [6.45, 7) is 3.23. The van der Waals surface area contributed by atoms with E-state index in [1.54, 1.807) is 24.3 Å². The second-order valence-electron chi connectivity index (χ2n) is 6.79. The summed E-state index contributed by atoms with van der Waals surface area (Å²) in [5.74, 6) is -0.219. The Morgan fingerprint density at radius 3 is 2.47 bits per heavy atom. The van der Waals surface area contributed by atoms with E-state index in [1.165, 1.54) is 26.2 Å². The largest absolute Gasteiger partial charge is 0.493 e. The van der Waals surface area contributed by atoms with E-state index in [0.717, 1.165) is 11.6 Å². The van der Waals surface area contributed by atoms with Crippen molar-refractivity contribution in [3.63, 3.8) is 0 Å². The first-order valence-corrected chi connectivity index (χ1v) is 9.49. The lowest BCUT2D eigenvalue weighted by molar-refractivity contribution is -0.141. The number of hydrogen-bond donors (Lipinski definition) is 1. The van der Waals surface area contributed by atoms with Gasteiger partial charge in [-0.05, 0) is 49.2 Å². The van der Waals surface area contributed by atoms with Crippen molar-refractivity contribution < 1.29 is 27.4 Å². The molecule has 6 nitrogen and oxygen atoms in total. The van der Waals surface area contributed by atoms with Gasteiger partial charge in [0.15, 0.2) is 17.2 Å². The Bertz CT molecular complexity index is 1160. The van der Waals surface area contributed by atoms with Gasteiger partial charge in [0.1, 0.15) is 5.82 Å². The number of carbonyl (C=O) groups excluding carboxylic acids is 1. The van der Waals surface area contributed by atoms with E-state index in [9.17, 15) is 18.0 Å². The SMILES string of the molecule is COc1cc(C=CC(=O)Nc2ccccc2C)ccc1Oc1cc(C(F)(F)F)nc(C)n1. The number of hydrogen-bond acceptors (Lipinski definition) is 5. The topological polar surface area (TPSA) is 73.3 Å². The lowest BCUT2D eigenvalue weighted by atomic mass is 10.1. The number of methoxy groups -OCH3 is 1. The van der Waals surface area contributed by atoms with Crippen LogP contribution in [-0.2, 0) is 11.0 Å². The van der Waals surface area contributed by atoms with Gasteiger partial charge in [0.2, 0.25) is 11.8 Å². The maximum atomic E-state index is 13.0. The number of rotatable bonds is 6. The van der Waals surface area contributed by atoms with Crippen molar-refractivity contribution in [2.45, 2.75) is 20.0 Å². The summed E-state index contributed by atoms with van der Waals surface area (Å²) >= 11 is 0. The standard InChI is InChI=1S/C23H20F3N3O3/c1-14-6-4-5-7-17(14)29-21(30)11-9-16-8-10-18(19(12-16)31-3)32-22-13-20(23(24,25)26)27-15(2)28-22/h4-13H,1-3H3,(H,29,30). The first-order chi connectivity index (χ1) is 15.2. The van der Waals surface area contributed by atoms with Crippen molar-refractivity contribution in [3.8, 4) is 17.4 Å². The molecule has 0 unspecified atom stereocenters. The summed E-state index contributed by atoms with van der Waals surface area (Å²) in [4.78, 5) is 19.5. The van der Waals surface area contributed by atoms with Crippen LogP contribution in [0.2, 0.25) is 0 Å². The highest BCUT2D eigenvalue weighted by Crippen LogP contribution is 2.34. The average Bonchev–Trinajstić information content (AvgIpc) is 2.73. The Hall–Kier alpha value is -3.88. The van der Waals surface area contributed by atoms with Crippen LogP contribution < -0.4 is 14.8 Å². The fourth-order valence-electron chi connectivity index (χ4n) is 2.78. The molecule has 0 saturated carbocycles. The molecule has 2 aromatic carbocycles. The Morgan fingerprint density at radius 2 is 1.78 bits per heavy atom. The second-order valence-corrected chi connectivity index (χ2v) is 6.79. The molecule has 0 radical (unpaired) electrons. The molecule has 0 saturated heterocycles. The van der Waals surface area contributed by atoms with E-state index >= 15 is 0 Å². The molecule has 0 aliphatic heterocycles. The first-order valence-electron chi connectivity index (χ1n) is 9.49. The Balaban J connectivity index is 1.76. The minimum atomic E-state index is -4.62. The van der Waals surface area contributed by atoms with Gasteiger partial charge in [0.25, 0.3) is 0 Å². The third kappa shape index (κ3) is 5.84. The number of carbonyl (C=O) groups is 1. The van der Waals surface area contributed by atoms with E-state index in [4.69, 9.17) is 9.47 Å². The van der Waals surface area contributed by atoms with Gasteiger partial charge in [0.05, 0.1) is 7.11 Å². The number of nitrogens with zero attached hydrogens (tertiary/aromatic N) is 2. The van der Waals surface area contributed by atoms with Gasteiger partial charge in [-0.1, -0.05) is 24.3 Å². The monoisotopic (exact) mass is 443 g/mol. The fraction of sp³-hybridized carbons (Fsp3) is 0.174. The van der Waals surface area contributed by atoms with Gasteiger partial charge in [-0.3, -0.25) is 4.79 Å².